The molecule has 1 heterocycles. The molecule has 0 aromatic carbocycles. The molecule has 2 fully saturated rings. The zero-order chi connectivity index (χ0) is 15.0. The number of nitrogens with one attached hydrogen (secondary N) is 1. The van der Waals surface area contributed by atoms with Crippen LogP contribution in [0.5, 0.6) is 0 Å². The molecule has 1 saturated carbocycles. The average molecular weight is 285 g/mol. The van der Waals surface area contributed by atoms with Gasteiger partial charge in [0.25, 0.3) is 0 Å². The van der Waals surface area contributed by atoms with E-state index in [-0.39, 0.29) is 18.4 Å². The highest BCUT2D eigenvalue weighted by molar-refractivity contribution is 5.73. The third-order valence-corrected chi connectivity index (χ3v) is 3.93. The van der Waals surface area contributed by atoms with E-state index in [2.05, 4.69) is 5.32 Å². The number of carboxylic acid groups (broad SMARTS) is 1. The summed E-state index contributed by atoms with van der Waals surface area (Å²) in [5.74, 6) is -0.843. The fraction of sp³-hybridized carbons (Fsp3) is 0.857. The molecule has 2 aliphatic rings. The molecular weight excluding hydrogens is 262 g/mol. The minimum atomic E-state index is -0.912. The summed E-state index contributed by atoms with van der Waals surface area (Å²) in [7, 11) is 0. The highest BCUT2D eigenvalue weighted by atomic mass is 16.6. The SMILES string of the molecule is CC(C)(C)OC(=O)NC1(CC(=O)O)C[C@@H]2OCCC[C@@H]21. The number of carboxylic acids is 1. The maximum Gasteiger partial charge on any atom is 0.408 e. The Hall–Kier alpha value is -1.30. The smallest absolute Gasteiger partial charge is 0.408 e. The van der Waals surface area contributed by atoms with Crippen LogP contribution in [0.3, 0.4) is 0 Å². The predicted molar refractivity (Wildman–Crippen MR) is 71.4 cm³/mol. The van der Waals surface area contributed by atoms with Gasteiger partial charge in [0, 0.05) is 12.5 Å². The fourth-order valence-electron chi connectivity index (χ4n) is 3.19. The molecule has 3 atom stereocenters. The van der Waals surface area contributed by atoms with Gasteiger partial charge in [-0.2, -0.15) is 0 Å². The number of fused-ring (bicyclic) bond motifs is 1. The van der Waals surface area contributed by atoms with E-state index in [4.69, 9.17) is 14.6 Å². The van der Waals surface area contributed by atoms with Crippen LogP contribution in [0.1, 0.15) is 46.5 Å². The van der Waals surface area contributed by atoms with Crippen LogP contribution in [0.15, 0.2) is 0 Å². The molecule has 1 saturated heterocycles. The van der Waals surface area contributed by atoms with Crippen molar-refractivity contribution in [3.8, 4) is 0 Å². The van der Waals surface area contributed by atoms with Gasteiger partial charge in [0.1, 0.15) is 5.60 Å². The Morgan fingerprint density at radius 1 is 1.45 bits per heavy atom. The van der Waals surface area contributed by atoms with Crippen LogP contribution in [0, 0.1) is 5.92 Å². The molecule has 20 heavy (non-hydrogen) atoms. The summed E-state index contributed by atoms with van der Waals surface area (Å²) in [6.45, 7) is 6.06. The second-order valence-electron chi connectivity index (χ2n) is 6.72. The van der Waals surface area contributed by atoms with Gasteiger partial charge in [0.2, 0.25) is 0 Å². The van der Waals surface area contributed by atoms with E-state index in [1.54, 1.807) is 20.8 Å². The van der Waals surface area contributed by atoms with E-state index in [1.807, 2.05) is 0 Å². The fourth-order valence-corrected chi connectivity index (χ4v) is 3.19. The van der Waals surface area contributed by atoms with E-state index in [0.717, 1.165) is 19.4 Å². The van der Waals surface area contributed by atoms with Crippen molar-refractivity contribution in [2.45, 2.75) is 63.7 Å². The number of aliphatic carboxylic acids is 1. The first-order chi connectivity index (χ1) is 9.22. The zero-order valence-corrected chi connectivity index (χ0v) is 12.3. The van der Waals surface area contributed by atoms with Crippen molar-refractivity contribution < 1.29 is 24.2 Å². The molecular formula is C14H23NO5. The number of alkyl carbamates (subject to hydrolysis) is 1. The van der Waals surface area contributed by atoms with Crippen molar-refractivity contribution in [3.63, 3.8) is 0 Å². The van der Waals surface area contributed by atoms with E-state index in [9.17, 15) is 9.59 Å². The number of rotatable bonds is 3. The number of hydrogen-bond donors (Lipinski definition) is 2. The molecule has 6 nitrogen and oxygen atoms in total. The number of carbonyl (C=O) groups is 2. The largest absolute Gasteiger partial charge is 0.481 e. The van der Waals surface area contributed by atoms with Gasteiger partial charge in [0.15, 0.2) is 0 Å². The van der Waals surface area contributed by atoms with Crippen molar-refractivity contribution >= 4 is 12.1 Å². The molecule has 6 heteroatoms. The van der Waals surface area contributed by atoms with Crippen LogP contribution in [0.25, 0.3) is 0 Å². The van der Waals surface area contributed by atoms with Crippen molar-refractivity contribution in [1.29, 1.82) is 0 Å². The molecule has 0 aromatic rings. The van der Waals surface area contributed by atoms with Crippen LogP contribution in [-0.4, -0.2) is 41.0 Å². The molecule has 2 N–H and O–H groups in total. The lowest BCUT2D eigenvalue weighted by Gasteiger charge is -2.56. The van der Waals surface area contributed by atoms with E-state index in [1.165, 1.54) is 0 Å². The minimum Gasteiger partial charge on any atom is -0.481 e. The standard InChI is InChI=1S/C14H23NO5/c1-13(2,3)20-12(18)15-14(8-11(16)17)7-10-9(14)5-4-6-19-10/h9-10H,4-8H2,1-3H3,(H,15,18)(H,16,17)/t9-,10-,14?/m0/s1. The molecule has 1 aliphatic carbocycles. The van der Waals surface area contributed by atoms with Crippen LogP contribution >= 0.6 is 0 Å². The molecule has 114 valence electrons. The summed E-state index contributed by atoms with van der Waals surface area (Å²) in [5.41, 5.74) is -1.32. The van der Waals surface area contributed by atoms with Crippen molar-refractivity contribution in [2.24, 2.45) is 5.92 Å². The molecule has 0 spiro atoms. The third kappa shape index (κ3) is 3.23. The normalized spacial score (nSPS) is 32.8. The van der Waals surface area contributed by atoms with E-state index in [0.29, 0.717) is 6.42 Å². The number of ether oxygens (including phenoxy) is 2. The topological polar surface area (TPSA) is 84.9 Å². The van der Waals surface area contributed by atoms with E-state index < -0.39 is 23.2 Å². The maximum absolute atomic E-state index is 12.0. The Balaban J connectivity index is 2.05. The Morgan fingerprint density at radius 2 is 2.15 bits per heavy atom. The number of carbonyl (C=O) groups excluding carboxylic acids is 1. The zero-order valence-electron chi connectivity index (χ0n) is 12.3. The molecule has 1 aliphatic heterocycles. The Morgan fingerprint density at radius 3 is 2.70 bits per heavy atom. The Labute approximate surface area is 118 Å². The first-order valence-electron chi connectivity index (χ1n) is 7.06. The summed E-state index contributed by atoms with van der Waals surface area (Å²) in [5, 5.41) is 11.9. The quantitative estimate of drug-likeness (QED) is 0.827. The van der Waals surface area contributed by atoms with Gasteiger partial charge in [0.05, 0.1) is 18.1 Å². The first kappa shape index (κ1) is 15.1. The summed E-state index contributed by atoms with van der Waals surface area (Å²) in [6.07, 6.45) is 1.76. The molecule has 1 unspecified atom stereocenters. The van der Waals surface area contributed by atoms with Crippen LogP contribution in [0.4, 0.5) is 4.79 Å². The first-order valence-corrected chi connectivity index (χ1v) is 7.06. The van der Waals surface area contributed by atoms with Gasteiger partial charge in [-0.3, -0.25) is 4.79 Å². The van der Waals surface area contributed by atoms with Crippen LogP contribution < -0.4 is 5.32 Å². The van der Waals surface area contributed by atoms with Gasteiger partial charge < -0.3 is 19.9 Å². The van der Waals surface area contributed by atoms with Gasteiger partial charge in [-0.05, 0) is 40.0 Å². The van der Waals surface area contributed by atoms with E-state index >= 15 is 0 Å². The van der Waals surface area contributed by atoms with Crippen molar-refractivity contribution in [2.75, 3.05) is 6.61 Å². The van der Waals surface area contributed by atoms with Gasteiger partial charge in [-0.25, -0.2) is 4.79 Å². The molecule has 0 radical (unpaired) electrons. The van der Waals surface area contributed by atoms with Gasteiger partial charge >= 0.3 is 12.1 Å². The summed E-state index contributed by atoms with van der Waals surface area (Å²) in [4.78, 5) is 23.1. The molecule has 2 rings (SSSR count). The van der Waals surface area contributed by atoms with Crippen molar-refractivity contribution in [3.05, 3.63) is 0 Å². The highest BCUT2D eigenvalue weighted by Crippen LogP contribution is 2.48. The number of hydrogen-bond acceptors (Lipinski definition) is 4. The minimum absolute atomic E-state index is 0.0676. The Bertz CT molecular complexity index is 403. The monoisotopic (exact) mass is 285 g/mol. The van der Waals surface area contributed by atoms with Crippen molar-refractivity contribution in [1.82, 2.24) is 5.32 Å². The third-order valence-electron chi connectivity index (χ3n) is 3.93. The highest BCUT2D eigenvalue weighted by Gasteiger charge is 2.57. The lowest BCUT2D eigenvalue weighted by Crippen LogP contribution is -2.69. The molecule has 0 bridgehead atoms. The van der Waals surface area contributed by atoms with Gasteiger partial charge in [-0.15, -0.1) is 0 Å². The molecule has 0 aromatic heterocycles. The summed E-state index contributed by atoms with van der Waals surface area (Å²) >= 11 is 0. The van der Waals surface area contributed by atoms with Gasteiger partial charge in [-0.1, -0.05) is 0 Å². The summed E-state index contributed by atoms with van der Waals surface area (Å²) < 4.78 is 10.9. The number of amides is 1. The average Bonchev–Trinajstić information content (AvgIpc) is 2.24. The van der Waals surface area contributed by atoms with Crippen LogP contribution in [-0.2, 0) is 14.3 Å². The van der Waals surface area contributed by atoms with Crippen LogP contribution in [0.2, 0.25) is 0 Å². The second kappa shape index (κ2) is 5.24. The molecule has 1 amide bonds. The Kier molecular flexibility index (Phi) is 3.95. The lowest BCUT2D eigenvalue weighted by atomic mass is 9.60. The second-order valence-corrected chi connectivity index (χ2v) is 6.72. The summed E-state index contributed by atoms with van der Waals surface area (Å²) in [6, 6.07) is 0. The predicted octanol–water partition coefficient (Wildman–Crippen LogP) is 1.92. The lowest BCUT2D eigenvalue weighted by molar-refractivity contribution is -0.161. The maximum atomic E-state index is 12.0.